The maximum absolute atomic E-state index is 12.5. The number of phenols is 1. The Morgan fingerprint density at radius 1 is 1.13 bits per heavy atom. The smallest absolute Gasteiger partial charge is 0.335 e. The zero-order valence-corrected chi connectivity index (χ0v) is 20.2. The highest BCUT2D eigenvalue weighted by molar-refractivity contribution is 5.88. The van der Waals surface area contributed by atoms with Gasteiger partial charge in [0.15, 0.2) is 6.10 Å². The third-order valence-electron chi connectivity index (χ3n) is 7.02. The van der Waals surface area contributed by atoms with Crippen LogP contribution in [-0.2, 0) is 28.5 Å². The second-order valence-corrected chi connectivity index (χ2v) is 9.73. The number of carbonyl (C=O) groups excluding carboxylic acids is 1. The quantitative estimate of drug-likeness (QED) is 0.161. The molecule has 3 aliphatic rings. The summed E-state index contributed by atoms with van der Waals surface area (Å²) >= 11 is 0. The Bertz CT molecular complexity index is 1080. The fraction of sp³-hybridized carbons (Fsp3) is 0.520. The summed E-state index contributed by atoms with van der Waals surface area (Å²) in [6.07, 6.45) is -7.55. The van der Waals surface area contributed by atoms with E-state index >= 15 is 0 Å². The summed E-state index contributed by atoms with van der Waals surface area (Å²) in [4.78, 5) is 24.2. The third kappa shape index (κ3) is 5.54. The number of hydrogen-bond acceptors (Lipinski definition) is 12. The van der Waals surface area contributed by atoms with Crippen molar-refractivity contribution in [3.63, 3.8) is 0 Å². The highest BCUT2D eigenvalue weighted by atomic mass is 16.8. The van der Waals surface area contributed by atoms with Gasteiger partial charge in [-0.05, 0) is 30.7 Å². The summed E-state index contributed by atoms with van der Waals surface area (Å²) in [5, 5.41) is 70.9. The molecule has 0 unspecified atom stereocenters. The average Bonchev–Trinajstić information content (AvgIpc) is 3.11. The number of hydrogen-bond donors (Lipinski definition) is 7. The lowest BCUT2D eigenvalue weighted by molar-refractivity contribution is -0.347. The van der Waals surface area contributed by atoms with Crippen LogP contribution in [0.15, 0.2) is 42.2 Å². The van der Waals surface area contributed by atoms with Gasteiger partial charge in [0, 0.05) is 18.4 Å². The van der Waals surface area contributed by atoms with Gasteiger partial charge in [-0.1, -0.05) is 12.1 Å². The Kier molecular flexibility index (Phi) is 8.09. The van der Waals surface area contributed by atoms with E-state index in [1.54, 1.807) is 0 Å². The Morgan fingerprint density at radius 3 is 2.45 bits per heavy atom. The molecule has 1 aromatic carbocycles. The van der Waals surface area contributed by atoms with Crippen LogP contribution in [0.3, 0.4) is 0 Å². The number of aliphatic carboxylic acids is 1. The Morgan fingerprint density at radius 2 is 1.82 bits per heavy atom. The Hall–Kier alpha value is -3.04. The van der Waals surface area contributed by atoms with Crippen LogP contribution in [0.5, 0.6) is 5.75 Å². The summed E-state index contributed by atoms with van der Waals surface area (Å²) in [5.41, 5.74) is -1.35. The number of carboxylic acid groups (broad SMARTS) is 1. The topological polar surface area (TPSA) is 213 Å². The highest BCUT2D eigenvalue weighted by Crippen LogP contribution is 2.49. The molecule has 0 spiro atoms. The second-order valence-electron chi connectivity index (χ2n) is 9.73. The minimum atomic E-state index is -1.77. The number of aliphatic hydroxyl groups excluding tert-OH is 4. The molecule has 2 aliphatic heterocycles. The van der Waals surface area contributed by atoms with E-state index in [1.165, 1.54) is 37.3 Å². The van der Waals surface area contributed by atoms with Crippen LogP contribution in [0, 0.1) is 11.8 Å². The summed E-state index contributed by atoms with van der Waals surface area (Å²) in [7, 11) is 0. The summed E-state index contributed by atoms with van der Waals surface area (Å²) < 4.78 is 22.2. The molecular weight excluding hydrogens is 508 g/mol. The van der Waals surface area contributed by atoms with Gasteiger partial charge < -0.3 is 54.7 Å². The summed E-state index contributed by atoms with van der Waals surface area (Å²) in [5.74, 6) is -4.43. The molecule has 0 amide bonds. The average molecular weight is 539 g/mol. The van der Waals surface area contributed by atoms with Crippen molar-refractivity contribution in [1.82, 2.24) is 0 Å². The van der Waals surface area contributed by atoms with Crippen LogP contribution in [0.25, 0.3) is 6.08 Å². The number of carboxylic acids is 1. The number of phenolic OH excluding ortho intramolecular Hbond substituents is 1. The number of benzene rings is 1. The monoisotopic (exact) mass is 538 g/mol. The van der Waals surface area contributed by atoms with Crippen LogP contribution in [0.2, 0.25) is 0 Å². The van der Waals surface area contributed by atoms with Crippen LogP contribution < -0.4 is 0 Å². The number of ether oxygens (including phenoxy) is 4. The van der Waals surface area contributed by atoms with Crippen molar-refractivity contribution in [2.75, 3.05) is 6.61 Å². The number of esters is 1. The van der Waals surface area contributed by atoms with Crippen molar-refractivity contribution in [3.05, 3.63) is 47.7 Å². The molecule has 13 heteroatoms. The lowest BCUT2D eigenvalue weighted by Gasteiger charge is -2.44. The first-order valence-corrected chi connectivity index (χ1v) is 11.9. The fourth-order valence-corrected chi connectivity index (χ4v) is 5.14. The fourth-order valence-electron chi connectivity index (χ4n) is 5.14. The van der Waals surface area contributed by atoms with E-state index in [0.717, 1.165) is 12.3 Å². The number of aromatic hydroxyl groups is 1. The van der Waals surface area contributed by atoms with Gasteiger partial charge in [0.05, 0.1) is 36.1 Å². The Labute approximate surface area is 216 Å². The Balaban J connectivity index is 1.57. The predicted octanol–water partition coefficient (Wildman–Crippen LogP) is -1.15. The van der Waals surface area contributed by atoms with Gasteiger partial charge in [-0.25, -0.2) is 9.59 Å². The lowest BCUT2D eigenvalue weighted by Crippen LogP contribution is -2.62. The SMILES string of the molecule is C[C@@]1(O)C[C@H](O)[C@@H]2C(C(=O)O)=CO[C@@H](O[C@@H]3O[C@@H](CO)[C@@H](O)[C@@H](O)[C@H]3OC(=O)C=Cc3ccc(O)cc3)[C@@H]21. The highest BCUT2D eigenvalue weighted by Gasteiger charge is 2.59. The maximum Gasteiger partial charge on any atom is 0.335 e. The molecular formula is C25H30O13. The van der Waals surface area contributed by atoms with Gasteiger partial charge in [-0.3, -0.25) is 0 Å². The molecule has 4 rings (SSSR count). The van der Waals surface area contributed by atoms with E-state index in [2.05, 4.69) is 0 Å². The molecule has 0 bridgehead atoms. The van der Waals surface area contributed by atoms with Gasteiger partial charge in [-0.15, -0.1) is 0 Å². The van der Waals surface area contributed by atoms with E-state index in [-0.39, 0.29) is 17.7 Å². The van der Waals surface area contributed by atoms with Crippen molar-refractivity contribution >= 4 is 18.0 Å². The minimum absolute atomic E-state index is 0.0332. The van der Waals surface area contributed by atoms with Gasteiger partial charge in [-0.2, -0.15) is 0 Å². The normalized spacial score (nSPS) is 38.8. The first kappa shape index (κ1) is 28.0. The zero-order valence-electron chi connectivity index (χ0n) is 20.2. The number of fused-ring (bicyclic) bond motifs is 1. The molecule has 0 radical (unpaired) electrons. The van der Waals surface area contributed by atoms with Crippen LogP contribution >= 0.6 is 0 Å². The van der Waals surface area contributed by atoms with E-state index in [0.29, 0.717) is 5.56 Å². The standard InChI is InChI=1S/C25H30O13/c1-25(34)8-14(28)17-13(22(32)33)10-35-23(18(17)25)38-24-21(20(31)19(30)15(9-26)36-24)37-16(29)7-4-11-2-5-12(27)6-3-11/h2-7,10,14-15,17-21,23-24,26-28,30-31,34H,8-9H2,1H3,(H,32,33)/t14-,15-,17-,18+,19+,20+,21+,23-,24-,25+/m0/s1. The maximum atomic E-state index is 12.5. The largest absolute Gasteiger partial charge is 0.508 e. The van der Waals surface area contributed by atoms with Crippen molar-refractivity contribution in [1.29, 1.82) is 0 Å². The number of carbonyl (C=O) groups is 2. The summed E-state index contributed by atoms with van der Waals surface area (Å²) in [6.45, 7) is 0.657. The summed E-state index contributed by atoms with van der Waals surface area (Å²) in [6, 6.07) is 5.90. The van der Waals surface area contributed by atoms with Crippen LogP contribution in [-0.4, -0.2) is 103 Å². The molecule has 38 heavy (non-hydrogen) atoms. The van der Waals surface area contributed by atoms with E-state index in [1.807, 2.05) is 0 Å². The van der Waals surface area contributed by atoms with E-state index in [9.17, 15) is 45.3 Å². The van der Waals surface area contributed by atoms with Crippen molar-refractivity contribution in [3.8, 4) is 5.75 Å². The van der Waals surface area contributed by atoms with Crippen LogP contribution in [0.4, 0.5) is 0 Å². The lowest BCUT2D eigenvalue weighted by atomic mass is 9.81. The second kappa shape index (κ2) is 11.0. The predicted molar refractivity (Wildman–Crippen MR) is 125 cm³/mol. The molecule has 0 aromatic heterocycles. The van der Waals surface area contributed by atoms with Crippen molar-refractivity contribution in [2.45, 2.75) is 62.0 Å². The van der Waals surface area contributed by atoms with Gasteiger partial charge in [0.2, 0.25) is 12.6 Å². The van der Waals surface area contributed by atoms with Crippen LogP contribution in [0.1, 0.15) is 18.9 Å². The number of aliphatic hydroxyl groups is 5. The minimum Gasteiger partial charge on any atom is -0.508 e. The van der Waals surface area contributed by atoms with Gasteiger partial charge >= 0.3 is 11.9 Å². The molecule has 208 valence electrons. The first-order valence-electron chi connectivity index (χ1n) is 11.9. The van der Waals surface area contributed by atoms with E-state index < -0.39 is 79.1 Å². The number of rotatable bonds is 7. The molecule has 13 nitrogen and oxygen atoms in total. The molecule has 7 N–H and O–H groups in total. The van der Waals surface area contributed by atoms with Gasteiger partial charge in [0.25, 0.3) is 0 Å². The van der Waals surface area contributed by atoms with Crippen molar-refractivity contribution in [2.24, 2.45) is 11.8 Å². The van der Waals surface area contributed by atoms with Gasteiger partial charge in [0.1, 0.15) is 24.1 Å². The zero-order chi connectivity index (χ0) is 27.8. The molecule has 1 aliphatic carbocycles. The molecule has 1 saturated heterocycles. The molecule has 2 fully saturated rings. The third-order valence-corrected chi connectivity index (χ3v) is 7.02. The van der Waals surface area contributed by atoms with E-state index in [4.69, 9.17) is 18.9 Å². The first-order chi connectivity index (χ1) is 17.9. The molecule has 10 atom stereocenters. The molecule has 2 heterocycles. The van der Waals surface area contributed by atoms with Crippen molar-refractivity contribution < 1.29 is 64.3 Å². The molecule has 1 saturated carbocycles. The molecule has 1 aromatic rings.